The van der Waals surface area contributed by atoms with Gasteiger partial charge in [-0.25, -0.2) is 4.79 Å². The van der Waals surface area contributed by atoms with Gasteiger partial charge in [0.05, 0.1) is 0 Å². The molecule has 0 saturated heterocycles. The first-order valence-electron chi connectivity index (χ1n) is 5.93. The molecule has 0 fully saturated rings. The number of hydrogen-bond acceptors (Lipinski definition) is 3. The van der Waals surface area contributed by atoms with E-state index in [9.17, 15) is 4.79 Å². The number of nitrogens with zero attached hydrogens (tertiary/aromatic N) is 1. The van der Waals surface area contributed by atoms with Crippen LogP contribution in [0.2, 0.25) is 0 Å². The minimum atomic E-state index is -0.190. The molecule has 1 aromatic rings. The van der Waals surface area contributed by atoms with E-state index in [1.165, 1.54) is 0 Å². The maximum atomic E-state index is 11.7. The first-order chi connectivity index (χ1) is 8.69. The molecule has 0 aliphatic carbocycles. The van der Waals surface area contributed by atoms with Crippen molar-refractivity contribution in [1.29, 1.82) is 5.26 Å². The number of anilines is 1. The van der Waals surface area contributed by atoms with Crippen molar-refractivity contribution in [1.82, 2.24) is 5.32 Å². The predicted octanol–water partition coefficient (Wildman–Crippen LogP) is 3.57. The number of hydrogen-bond donors (Lipinski definition) is 2. The summed E-state index contributed by atoms with van der Waals surface area (Å²) in [7, 11) is 0. The van der Waals surface area contributed by atoms with E-state index in [0.29, 0.717) is 0 Å². The molecule has 1 rings (SSSR count). The van der Waals surface area contributed by atoms with E-state index in [1.54, 1.807) is 24.3 Å². The van der Waals surface area contributed by atoms with Crippen LogP contribution >= 0.6 is 11.8 Å². The SMILES string of the molecule is CCC(CC)NC(=O)Nc1ccc(SC#N)cc1. The van der Waals surface area contributed by atoms with Crippen molar-refractivity contribution in [3.8, 4) is 5.40 Å². The summed E-state index contributed by atoms with van der Waals surface area (Å²) in [5.74, 6) is 0. The summed E-state index contributed by atoms with van der Waals surface area (Å²) in [4.78, 5) is 12.5. The van der Waals surface area contributed by atoms with Gasteiger partial charge in [0.1, 0.15) is 5.40 Å². The van der Waals surface area contributed by atoms with E-state index in [-0.39, 0.29) is 12.1 Å². The van der Waals surface area contributed by atoms with Gasteiger partial charge in [0.25, 0.3) is 0 Å². The highest BCUT2D eigenvalue weighted by Crippen LogP contribution is 2.18. The molecule has 2 N–H and O–H groups in total. The van der Waals surface area contributed by atoms with Crippen LogP contribution in [0.1, 0.15) is 26.7 Å². The summed E-state index contributed by atoms with van der Waals surface area (Å²) >= 11 is 1.10. The molecule has 96 valence electrons. The fourth-order valence-electron chi connectivity index (χ4n) is 1.50. The van der Waals surface area contributed by atoms with Crippen LogP contribution in [0.15, 0.2) is 29.2 Å². The number of thioether (sulfide) groups is 1. The molecule has 0 aliphatic heterocycles. The van der Waals surface area contributed by atoms with Crippen LogP contribution < -0.4 is 10.6 Å². The quantitative estimate of drug-likeness (QED) is 0.630. The zero-order valence-corrected chi connectivity index (χ0v) is 11.4. The third kappa shape index (κ3) is 4.68. The van der Waals surface area contributed by atoms with Crippen molar-refractivity contribution in [2.45, 2.75) is 37.6 Å². The molecule has 5 heteroatoms. The Morgan fingerprint density at radius 3 is 2.44 bits per heavy atom. The highest BCUT2D eigenvalue weighted by molar-refractivity contribution is 8.03. The molecule has 0 saturated carbocycles. The molecule has 0 radical (unpaired) electrons. The van der Waals surface area contributed by atoms with E-state index in [2.05, 4.69) is 10.6 Å². The van der Waals surface area contributed by atoms with Gasteiger partial charge in [0.2, 0.25) is 0 Å². The van der Waals surface area contributed by atoms with Crippen molar-refractivity contribution in [2.75, 3.05) is 5.32 Å². The Bertz CT molecular complexity index is 421. The number of amides is 2. The number of benzene rings is 1. The monoisotopic (exact) mass is 263 g/mol. The van der Waals surface area contributed by atoms with Gasteiger partial charge < -0.3 is 10.6 Å². The third-order valence-corrected chi connectivity index (χ3v) is 3.20. The van der Waals surface area contributed by atoms with E-state index >= 15 is 0 Å². The standard InChI is InChI=1S/C13H17N3OS/c1-3-10(4-2)15-13(17)16-11-5-7-12(8-6-11)18-9-14/h5-8,10H,3-4H2,1-2H3,(H2,15,16,17). The number of carbonyl (C=O) groups is 1. The molecule has 0 atom stereocenters. The van der Waals surface area contributed by atoms with Gasteiger partial charge in [-0.15, -0.1) is 0 Å². The summed E-state index contributed by atoms with van der Waals surface area (Å²) in [5.41, 5.74) is 0.723. The van der Waals surface area contributed by atoms with Crippen molar-refractivity contribution in [2.24, 2.45) is 0 Å². The highest BCUT2D eigenvalue weighted by Gasteiger charge is 2.07. The Morgan fingerprint density at radius 1 is 1.33 bits per heavy atom. The van der Waals surface area contributed by atoms with Crippen LogP contribution in [0.4, 0.5) is 10.5 Å². The molecule has 0 bridgehead atoms. The normalized spacial score (nSPS) is 9.89. The van der Waals surface area contributed by atoms with Gasteiger partial charge in [-0.3, -0.25) is 0 Å². The van der Waals surface area contributed by atoms with Crippen LogP contribution in [0.3, 0.4) is 0 Å². The summed E-state index contributed by atoms with van der Waals surface area (Å²) in [6.45, 7) is 4.09. The lowest BCUT2D eigenvalue weighted by atomic mass is 10.2. The van der Waals surface area contributed by atoms with Crippen molar-refractivity contribution < 1.29 is 4.79 Å². The van der Waals surface area contributed by atoms with Crippen LogP contribution in [0.25, 0.3) is 0 Å². The van der Waals surface area contributed by atoms with E-state index < -0.39 is 0 Å². The zero-order chi connectivity index (χ0) is 13.4. The molecule has 2 amide bonds. The fraction of sp³-hybridized carbons (Fsp3) is 0.385. The van der Waals surface area contributed by atoms with E-state index in [1.807, 2.05) is 19.2 Å². The number of urea groups is 1. The second-order valence-corrected chi connectivity index (χ2v) is 4.69. The average Bonchev–Trinajstić information content (AvgIpc) is 2.38. The van der Waals surface area contributed by atoms with Gasteiger partial charge in [0, 0.05) is 16.6 Å². The number of thiocyanates is 1. The molecule has 4 nitrogen and oxygen atoms in total. The molecule has 0 unspecified atom stereocenters. The van der Waals surface area contributed by atoms with Crippen LogP contribution in [-0.4, -0.2) is 12.1 Å². The van der Waals surface area contributed by atoms with Crippen LogP contribution in [0.5, 0.6) is 0 Å². The molecular formula is C13H17N3OS. The molecule has 0 heterocycles. The van der Waals surface area contributed by atoms with Crippen LogP contribution in [-0.2, 0) is 0 Å². The first-order valence-corrected chi connectivity index (χ1v) is 6.74. The summed E-state index contributed by atoms with van der Waals surface area (Å²) in [5, 5.41) is 16.2. The smallest absolute Gasteiger partial charge is 0.319 e. The highest BCUT2D eigenvalue weighted by atomic mass is 32.2. The van der Waals surface area contributed by atoms with Gasteiger partial charge in [-0.05, 0) is 48.9 Å². The molecule has 0 spiro atoms. The molecule has 18 heavy (non-hydrogen) atoms. The van der Waals surface area contributed by atoms with E-state index in [0.717, 1.165) is 35.2 Å². The molecule has 1 aromatic carbocycles. The summed E-state index contributed by atoms with van der Waals surface area (Å²) < 4.78 is 0. The summed E-state index contributed by atoms with van der Waals surface area (Å²) in [6, 6.07) is 7.20. The Kier molecular flexibility index (Phi) is 6.09. The number of carbonyl (C=O) groups excluding carboxylic acids is 1. The van der Waals surface area contributed by atoms with Crippen molar-refractivity contribution in [3.05, 3.63) is 24.3 Å². The Morgan fingerprint density at radius 2 is 1.94 bits per heavy atom. The second-order valence-electron chi connectivity index (χ2n) is 3.83. The second kappa shape index (κ2) is 7.62. The maximum Gasteiger partial charge on any atom is 0.319 e. The van der Waals surface area contributed by atoms with Gasteiger partial charge >= 0.3 is 6.03 Å². The largest absolute Gasteiger partial charge is 0.335 e. The Labute approximate surface area is 112 Å². The lowest BCUT2D eigenvalue weighted by Gasteiger charge is -2.15. The third-order valence-electron chi connectivity index (χ3n) is 2.60. The molecule has 0 aliphatic rings. The minimum absolute atomic E-state index is 0.190. The lowest BCUT2D eigenvalue weighted by molar-refractivity contribution is 0.247. The molecule has 0 aromatic heterocycles. The number of nitrogens with one attached hydrogen (secondary N) is 2. The van der Waals surface area contributed by atoms with Crippen molar-refractivity contribution in [3.63, 3.8) is 0 Å². The van der Waals surface area contributed by atoms with Gasteiger partial charge in [0.15, 0.2) is 0 Å². The number of nitriles is 1. The predicted molar refractivity (Wildman–Crippen MR) is 74.4 cm³/mol. The van der Waals surface area contributed by atoms with Crippen molar-refractivity contribution >= 4 is 23.5 Å². The zero-order valence-electron chi connectivity index (χ0n) is 10.6. The average molecular weight is 263 g/mol. The number of rotatable bonds is 5. The lowest BCUT2D eigenvalue weighted by Crippen LogP contribution is -2.37. The first kappa shape index (κ1) is 14.4. The minimum Gasteiger partial charge on any atom is -0.335 e. The Balaban J connectivity index is 2.52. The topological polar surface area (TPSA) is 64.9 Å². The molecular weight excluding hydrogens is 246 g/mol. The van der Waals surface area contributed by atoms with E-state index in [4.69, 9.17) is 5.26 Å². The van der Waals surface area contributed by atoms with Gasteiger partial charge in [-0.2, -0.15) is 5.26 Å². The fourth-order valence-corrected chi connectivity index (χ4v) is 1.88. The maximum absolute atomic E-state index is 11.7. The summed E-state index contributed by atoms with van der Waals surface area (Å²) in [6.07, 6.45) is 1.84. The van der Waals surface area contributed by atoms with Crippen LogP contribution in [0, 0.1) is 10.7 Å². The van der Waals surface area contributed by atoms with Gasteiger partial charge in [-0.1, -0.05) is 13.8 Å². The Hall–Kier alpha value is -1.67.